The second-order valence-corrected chi connectivity index (χ2v) is 5.51. The summed E-state index contributed by atoms with van der Waals surface area (Å²) in [5.74, 6) is 1.01. The average Bonchev–Trinajstić information content (AvgIpc) is 2.77. The maximum absolute atomic E-state index is 12.1. The number of piperidine rings is 1. The van der Waals surface area contributed by atoms with Gasteiger partial charge in [0.05, 0.1) is 13.2 Å². The molecule has 0 spiro atoms. The molecule has 4 heteroatoms. The second kappa shape index (κ2) is 5.83. The highest BCUT2D eigenvalue weighted by molar-refractivity contribution is 5.78. The van der Waals surface area contributed by atoms with Crippen LogP contribution < -0.4 is 0 Å². The number of aliphatic hydroxyl groups excluding tert-OH is 1. The second-order valence-electron chi connectivity index (χ2n) is 5.51. The van der Waals surface area contributed by atoms with Gasteiger partial charge >= 0.3 is 0 Å². The van der Waals surface area contributed by atoms with Crippen LogP contribution in [0.4, 0.5) is 0 Å². The Balaban J connectivity index is 1.80. The predicted octanol–water partition coefficient (Wildman–Crippen LogP) is 0.702. The van der Waals surface area contributed by atoms with E-state index in [1.807, 2.05) is 4.90 Å². The molecule has 2 fully saturated rings. The molecule has 2 aliphatic rings. The summed E-state index contributed by atoms with van der Waals surface area (Å²) in [6.45, 7) is 5.73. The number of amides is 1. The molecule has 0 aromatic heterocycles. The van der Waals surface area contributed by atoms with E-state index in [0.29, 0.717) is 6.54 Å². The molecule has 0 radical (unpaired) electrons. The molecular weight excluding hydrogens is 216 g/mol. The van der Waals surface area contributed by atoms with Crippen LogP contribution in [0.1, 0.15) is 32.6 Å². The minimum atomic E-state index is 0.185. The van der Waals surface area contributed by atoms with E-state index in [-0.39, 0.29) is 18.6 Å². The standard InChI is InChI=1S/C13H24N2O2/c1-11-4-7-14(8-5-11)13(17)9-15-6-2-3-12(15)10-16/h11-12,16H,2-10H2,1H3. The summed E-state index contributed by atoms with van der Waals surface area (Å²) in [5, 5.41) is 9.23. The molecular formula is C13H24N2O2. The number of hydrogen-bond acceptors (Lipinski definition) is 3. The fourth-order valence-electron chi connectivity index (χ4n) is 2.84. The Hall–Kier alpha value is -0.610. The van der Waals surface area contributed by atoms with Gasteiger partial charge in [0, 0.05) is 19.1 Å². The first-order chi connectivity index (χ1) is 8.20. The number of nitrogens with zero attached hydrogens (tertiary/aromatic N) is 2. The van der Waals surface area contributed by atoms with E-state index in [1.54, 1.807) is 0 Å². The molecule has 2 saturated heterocycles. The van der Waals surface area contributed by atoms with Crippen molar-refractivity contribution in [3.05, 3.63) is 0 Å². The summed E-state index contributed by atoms with van der Waals surface area (Å²) in [5.41, 5.74) is 0. The van der Waals surface area contributed by atoms with Crippen LogP contribution in [0.15, 0.2) is 0 Å². The van der Waals surface area contributed by atoms with Gasteiger partial charge in [0.2, 0.25) is 5.91 Å². The molecule has 2 heterocycles. The van der Waals surface area contributed by atoms with Gasteiger partial charge < -0.3 is 10.0 Å². The normalized spacial score (nSPS) is 27.6. The van der Waals surface area contributed by atoms with Gasteiger partial charge in [0.25, 0.3) is 0 Å². The van der Waals surface area contributed by atoms with E-state index in [0.717, 1.165) is 51.2 Å². The molecule has 0 saturated carbocycles. The Bertz CT molecular complexity index is 262. The molecule has 0 aliphatic carbocycles. The third-order valence-corrected chi connectivity index (χ3v) is 4.18. The lowest BCUT2D eigenvalue weighted by atomic mass is 9.99. The maximum Gasteiger partial charge on any atom is 0.236 e. The molecule has 17 heavy (non-hydrogen) atoms. The molecule has 1 unspecified atom stereocenters. The van der Waals surface area contributed by atoms with Gasteiger partial charge in [-0.3, -0.25) is 9.69 Å². The van der Waals surface area contributed by atoms with E-state index >= 15 is 0 Å². The van der Waals surface area contributed by atoms with Gasteiger partial charge in [-0.15, -0.1) is 0 Å². The average molecular weight is 240 g/mol. The molecule has 0 aromatic carbocycles. The van der Waals surface area contributed by atoms with Crippen LogP contribution in [0.3, 0.4) is 0 Å². The third-order valence-electron chi connectivity index (χ3n) is 4.18. The smallest absolute Gasteiger partial charge is 0.236 e. The van der Waals surface area contributed by atoms with E-state index in [4.69, 9.17) is 0 Å². The largest absolute Gasteiger partial charge is 0.395 e. The highest BCUT2D eigenvalue weighted by Gasteiger charge is 2.28. The monoisotopic (exact) mass is 240 g/mol. The molecule has 0 aromatic rings. The first-order valence-electron chi connectivity index (χ1n) is 6.83. The fourth-order valence-corrected chi connectivity index (χ4v) is 2.84. The quantitative estimate of drug-likeness (QED) is 0.790. The molecule has 4 nitrogen and oxygen atoms in total. The topological polar surface area (TPSA) is 43.8 Å². The first-order valence-corrected chi connectivity index (χ1v) is 6.83. The number of hydrogen-bond donors (Lipinski definition) is 1. The zero-order valence-electron chi connectivity index (χ0n) is 10.8. The minimum Gasteiger partial charge on any atom is -0.395 e. The van der Waals surface area contributed by atoms with Crippen LogP contribution in [-0.2, 0) is 4.79 Å². The van der Waals surface area contributed by atoms with Crippen molar-refractivity contribution in [1.82, 2.24) is 9.80 Å². The molecule has 2 rings (SSSR count). The van der Waals surface area contributed by atoms with Crippen molar-refractivity contribution in [2.24, 2.45) is 5.92 Å². The number of carbonyl (C=O) groups excluding carboxylic acids is 1. The number of carbonyl (C=O) groups is 1. The summed E-state index contributed by atoms with van der Waals surface area (Å²) in [4.78, 5) is 16.3. The summed E-state index contributed by atoms with van der Waals surface area (Å²) >= 11 is 0. The molecule has 1 atom stereocenters. The Morgan fingerprint density at radius 1 is 1.24 bits per heavy atom. The highest BCUT2D eigenvalue weighted by Crippen LogP contribution is 2.19. The van der Waals surface area contributed by atoms with Gasteiger partial charge in [-0.05, 0) is 38.1 Å². The maximum atomic E-state index is 12.1. The predicted molar refractivity (Wildman–Crippen MR) is 66.7 cm³/mol. The van der Waals surface area contributed by atoms with Gasteiger partial charge in [0.1, 0.15) is 0 Å². The van der Waals surface area contributed by atoms with Gasteiger partial charge in [-0.2, -0.15) is 0 Å². The highest BCUT2D eigenvalue weighted by atomic mass is 16.3. The fraction of sp³-hybridized carbons (Fsp3) is 0.923. The van der Waals surface area contributed by atoms with Crippen LogP contribution in [0.5, 0.6) is 0 Å². The van der Waals surface area contributed by atoms with Crippen LogP contribution in [0.2, 0.25) is 0 Å². The van der Waals surface area contributed by atoms with Crippen molar-refractivity contribution < 1.29 is 9.90 Å². The first kappa shape index (κ1) is 12.8. The van der Waals surface area contributed by atoms with Crippen molar-refractivity contribution in [2.75, 3.05) is 32.8 Å². The zero-order valence-corrected chi connectivity index (χ0v) is 10.8. The van der Waals surface area contributed by atoms with Gasteiger partial charge in [-0.1, -0.05) is 6.92 Å². The van der Waals surface area contributed by atoms with Gasteiger partial charge in [-0.25, -0.2) is 0 Å². The van der Waals surface area contributed by atoms with Crippen molar-refractivity contribution in [3.8, 4) is 0 Å². The van der Waals surface area contributed by atoms with Crippen molar-refractivity contribution >= 4 is 5.91 Å². The zero-order chi connectivity index (χ0) is 12.3. The van der Waals surface area contributed by atoms with E-state index in [1.165, 1.54) is 0 Å². The number of rotatable bonds is 3. The SMILES string of the molecule is CC1CCN(C(=O)CN2CCCC2CO)CC1. The van der Waals surface area contributed by atoms with Gasteiger partial charge in [0.15, 0.2) is 0 Å². The Morgan fingerprint density at radius 2 is 1.94 bits per heavy atom. The van der Waals surface area contributed by atoms with Crippen LogP contribution in [0.25, 0.3) is 0 Å². The number of likely N-dealkylation sites (tertiary alicyclic amines) is 2. The molecule has 2 aliphatic heterocycles. The van der Waals surface area contributed by atoms with Crippen molar-refractivity contribution in [1.29, 1.82) is 0 Å². The number of aliphatic hydroxyl groups is 1. The molecule has 0 bridgehead atoms. The van der Waals surface area contributed by atoms with E-state index in [2.05, 4.69) is 11.8 Å². The summed E-state index contributed by atoms with van der Waals surface area (Å²) in [6.07, 6.45) is 4.40. The van der Waals surface area contributed by atoms with Crippen LogP contribution in [0, 0.1) is 5.92 Å². The van der Waals surface area contributed by atoms with Crippen molar-refractivity contribution in [2.45, 2.75) is 38.6 Å². The Kier molecular flexibility index (Phi) is 4.40. The van der Waals surface area contributed by atoms with Crippen LogP contribution >= 0.6 is 0 Å². The van der Waals surface area contributed by atoms with Crippen molar-refractivity contribution in [3.63, 3.8) is 0 Å². The van der Waals surface area contributed by atoms with E-state index in [9.17, 15) is 9.90 Å². The van der Waals surface area contributed by atoms with E-state index < -0.39 is 0 Å². The lowest BCUT2D eigenvalue weighted by molar-refractivity contribution is -0.134. The Labute approximate surface area is 104 Å². The molecule has 1 N–H and O–H groups in total. The lowest BCUT2D eigenvalue weighted by Crippen LogP contribution is -2.45. The summed E-state index contributed by atoms with van der Waals surface area (Å²) in [7, 11) is 0. The van der Waals surface area contributed by atoms with Crippen LogP contribution in [-0.4, -0.2) is 59.6 Å². The molecule has 98 valence electrons. The third kappa shape index (κ3) is 3.19. The minimum absolute atomic E-state index is 0.185. The lowest BCUT2D eigenvalue weighted by Gasteiger charge is -2.32. The Morgan fingerprint density at radius 3 is 2.59 bits per heavy atom. The summed E-state index contributed by atoms with van der Waals surface area (Å²) < 4.78 is 0. The summed E-state index contributed by atoms with van der Waals surface area (Å²) in [6, 6.07) is 0.211. The molecule has 1 amide bonds.